The lowest BCUT2D eigenvalue weighted by atomic mass is 10.2. The van der Waals surface area contributed by atoms with Gasteiger partial charge in [0, 0.05) is 10.9 Å². The van der Waals surface area contributed by atoms with Crippen molar-refractivity contribution in [3.8, 4) is 11.3 Å². The average molecular weight is 288 g/mol. The van der Waals surface area contributed by atoms with Crippen LogP contribution in [0.2, 0.25) is 0 Å². The lowest BCUT2D eigenvalue weighted by molar-refractivity contribution is -0.142. The largest absolute Gasteiger partial charge is 0.480 e. The second-order valence-electron chi connectivity index (χ2n) is 4.96. The maximum Gasteiger partial charge on any atom is 0.320 e. The van der Waals surface area contributed by atoms with E-state index in [0.29, 0.717) is 6.54 Å². The summed E-state index contributed by atoms with van der Waals surface area (Å²) >= 11 is 1.60. The molecule has 0 radical (unpaired) electrons. The van der Waals surface area contributed by atoms with Crippen molar-refractivity contribution in [1.29, 1.82) is 0 Å². The predicted molar refractivity (Wildman–Crippen MR) is 78.6 cm³/mol. The Bertz CT molecular complexity index is 597. The fourth-order valence-corrected chi connectivity index (χ4v) is 3.42. The Hall–Kier alpha value is -1.72. The summed E-state index contributed by atoms with van der Waals surface area (Å²) in [5.41, 5.74) is 2.07. The second kappa shape index (κ2) is 5.73. The number of thiazole rings is 1. The monoisotopic (exact) mass is 288 g/mol. The molecule has 1 saturated heterocycles. The van der Waals surface area contributed by atoms with Crippen LogP contribution in [-0.4, -0.2) is 33.5 Å². The van der Waals surface area contributed by atoms with E-state index in [1.165, 1.54) is 0 Å². The maximum absolute atomic E-state index is 11.2. The highest BCUT2D eigenvalue weighted by Gasteiger charge is 2.30. The number of carboxylic acid groups (broad SMARTS) is 1. The first-order valence-electron chi connectivity index (χ1n) is 6.71. The quantitative estimate of drug-likeness (QED) is 0.940. The van der Waals surface area contributed by atoms with Gasteiger partial charge in [-0.15, -0.1) is 11.3 Å². The summed E-state index contributed by atoms with van der Waals surface area (Å²) in [7, 11) is 0. The molecule has 5 heteroatoms. The number of hydrogen-bond acceptors (Lipinski definition) is 4. The van der Waals surface area contributed by atoms with Crippen molar-refractivity contribution in [2.75, 3.05) is 6.54 Å². The third-order valence-corrected chi connectivity index (χ3v) is 4.44. The smallest absolute Gasteiger partial charge is 0.320 e. The second-order valence-corrected chi connectivity index (χ2v) is 5.90. The molecule has 1 fully saturated rings. The van der Waals surface area contributed by atoms with E-state index < -0.39 is 5.97 Å². The first-order valence-corrected chi connectivity index (χ1v) is 7.58. The standard InChI is InChI=1S/C15H16N2O2S/c18-15(19)13-7-4-8-17(13)9-14-16-12(10-20-14)11-5-2-1-3-6-11/h1-3,5-6,10,13H,4,7-9H2,(H,18,19)/t13-/m1/s1. The molecular weight excluding hydrogens is 272 g/mol. The minimum atomic E-state index is -0.720. The number of aliphatic carboxylic acids is 1. The van der Waals surface area contributed by atoms with Crippen molar-refractivity contribution in [3.05, 3.63) is 40.7 Å². The Morgan fingerprint density at radius 1 is 1.40 bits per heavy atom. The molecular formula is C15H16N2O2S. The van der Waals surface area contributed by atoms with Crippen LogP contribution in [0, 0.1) is 0 Å². The van der Waals surface area contributed by atoms with Crippen LogP contribution in [0.3, 0.4) is 0 Å². The van der Waals surface area contributed by atoms with Crippen molar-refractivity contribution in [1.82, 2.24) is 9.88 Å². The van der Waals surface area contributed by atoms with Crippen LogP contribution in [0.4, 0.5) is 0 Å². The van der Waals surface area contributed by atoms with E-state index >= 15 is 0 Å². The van der Waals surface area contributed by atoms with Crippen LogP contribution in [-0.2, 0) is 11.3 Å². The highest BCUT2D eigenvalue weighted by Crippen LogP contribution is 2.25. The third-order valence-electron chi connectivity index (χ3n) is 3.61. The van der Waals surface area contributed by atoms with Gasteiger partial charge >= 0.3 is 5.97 Å². The molecule has 20 heavy (non-hydrogen) atoms. The van der Waals surface area contributed by atoms with Gasteiger partial charge in [0.05, 0.1) is 12.2 Å². The first-order chi connectivity index (χ1) is 9.74. The first kappa shape index (κ1) is 13.3. The van der Waals surface area contributed by atoms with Gasteiger partial charge in [-0.2, -0.15) is 0 Å². The van der Waals surface area contributed by atoms with E-state index in [0.717, 1.165) is 35.7 Å². The molecule has 0 saturated carbocycles. The maximum atomic E-state index is 11.2. The molecule has 3 rings (SSSR count). The molecule has 4 nitrogen and oxygen atoms in total. The van der Waals surface area contributed by atoms with Gasteiger partial charge in [-0.05, 0) is 19.4 Å². The minimum absolute atomic E-state index is 0.348. The van der Waals surface area contributed by atoms with Crippen LogP contribution in [0.25, 0.3) is 11.3 Å². The van der Waals surface area contributed by atoms with E-state index in [1.807, 2.05) is 40.6 Å². The molecule has 0 unspecified atom stereocenters. The Morgan fingerprint density at radius 2 is 2.20 bits per heavy atom. The number of rotatable bonds is 4. The average Bonchev–Trinajstić information content (AvgIpc) is 3.09. The zero-order valence-corrected chi connectivity index (χ0v) is 11.8. The number of carbonyl (C=O) groups is 1. The molecule has 0 bridgehead atoms. The van der Waals surface area contributed by atoms with E-state index in [4.69, 9.17) is 0 Å². The van der Waals surface area contributed by atoms with Crippen LogP contribution >= 0.6 is 11.3 Å². The van der Waals surface area contributed by atoms with Gasteiger partial charge in [0.1, 0.15) is 11.0 Å². The molecule has 1 aromatic carbocycles. The molecule has 2 heterocycles. The number of benzene rings is 1. The Balaban J connectivity index is 1.73. The predicted octanol–water partition coefficient (Wildman–Crippen LogP) is 2.86. The van der Waals surface area contributed by atoms with E-state index in [-0.39, 0.29) is 6.04 Å². The Labute approximate surface area is 121 Å². The highest BCUT2D eigenvalue weighted by molar-refractivity contribution is 7.09. The summed E-state index contributed by atoms with van der Waals surface area (Å²) in [6.07, 6.45) is 1.69. The highest BCUT2D eigenvalue weighted by atomic mass is 32.1. The molecule has 1 aromatic heterocycles. The summed E-state index contributed by atoms with van der Waals surface area (Å²) in [5.74, 6) is -0.720. The topological polar surface area (TPSA) is 53.4 Å². The minimum Gasteiger partial charge on any atom is -0.480 e. The molecule has 0 spiro atoms. The van der Waals surface area contributed by atoms with Crippen molar-refractivity contribution < 1.29 is 9.90 Å². The van der Waals surface area contributed by atoms with E-state index in [2.05, 4.69) is 4.98 Å². The fraction of sp³-hybridized carbons (Fsp3) is 0.333. The van der Waals surface area contributed by atoms with Gasteiger partial charge in [-0.25, -0.2) is 4.98 Å². The van der Waals surface area contributed by atoms with Crippen LogP contribution in [0.1, 0.15) is 17.8 Å². The lowest BCUT2D eigenvalue weighted by Gasteiger charge is -2.19. The van der Waals surface area contributed by atoms with Crippen LogP contribution in [0.15, 0.2) is 35.7 Å². The van der Waals surface area contributed by atoms with E-state index in [9.17, 15) is 9.90 Å². The van der Waals surface area contributed by atoms with Crippen molar-refractivity contribution in [2.24, 2.45) is 0 Å². The summed E-state index contributed by atoms with van der Waals surface area (Å²) in [6, 6.07) is 9.70. The number of aromatic nitrogens is 1. The van der Waals surface area contributed by atoms with Gasteiger partial charge < -0.3 is 5.11 Å². The van der Waals surface area contributed by atoms with Gasteiger partial charge in [-0.1, -0.05) is 30.3 Å². The number of hydrogen-bond donors (Lipinski definition) is 1. The van der Waals surface area contributed by atoms with Crippen molar-refractivity contribution in [3.63, 3.8) is 0 Å². The Morgan fingerprint density at radius 3 is 2.95 bits per heavy atom. The van der Waals surface area contributed by atoms with Gasteiger partial charge in [0.2, 0.25) is 0 Å². The zero-order valence-electron chi connectivity index (χ0n) is 11.0. The fourth-order valence-electron chi connectivity index (χ4n) is 2.59. The third kappa shape index (κ3) is 2.73. The number of nitrogens with zero attached hydrogens (tertiary/aromatic N) is 2. The summed E-state index contributed by atoms with van der Waals surface area (Å²) in [5, 5.41) is 12.2. The zero-order chi connectivity index (χ0) is 13.9. The molecule has 1 N–H and O–H groups in total. The summed E-state index contributed by atoms with van der Waals surface area (Å²) in [6.45, 7) is 1.48. The molecule has 2 aromatic rings. The van der Waals surface area contributed by atoms with Gasteiger partial charge in [0.25, 0.3) is 0 Å². The summed E-state index contributed by atoms with van der Waals surface area (Å²) < 4.78 is 0. The molecule has 1 atom stereocenters. The van der Waals surface area contributed by atoms with Gasteiger partial charge in [-0.3, -0.25) is 9.69 Å². The number of likely N-dealkylation sites (tertiary alicyclic amines) is 1. The lowest BCUT2D eigenvalue weighted by Crippen LogP contribution is -2.35. The Kier molecular flexibility index (Phi) is 3.80. The normalized spacial score (nSPS) is 19.3. The van der Waals surface area contributed by atoms with Crippen LogP contribution < -0.4 is 0 Å². The molecule has 104 valence electrons. The molecule has 1 aliphatic heterocycles. The van der Waals surface area contributed by atoms with Crippen molar-refractivity contribution in [2.45, 2.75) is 25.4 Å². The summed E-state index contributed by atoms with van der Waals surface area (Å²) in [4.78, 5) is 17.8. The van der Waals surface area contributed by atoms with Gasteiger partial charge in [0.15, 0.2) is 0 Å². The van der Waals surface area contributed by atoms with E-state index in [1.54, 1.807) is 11.3 Å². The molecule has 0 aliphatic carbocycles. The van der Waals surface area contributed by atoms with Crippen LogP contribution in [0.5, 0.6) is 0 Å². The van der Waals surface area contributed by atoms with Crippen molar-refractivity contribution >= 4 is 17.3 Å². The SMILES string of the molecule is O=C(O)[C@H]1CCCN1Cc1nc(-c2ccccc2)cs1. The number of carboxylic acids is 1. The molecule has 1 aliphatic rings. The molecule has 0 amide bonds.